The molecule has 1 saturated heterocycles. The SMILES string of the molecule is O=C1N/C(=N\N=C\c2ccc(O)cc2)SC1Cc1cccc2ccccc12. The van der Waals surface area contributed by atoms with Crippen LogP contribution in [0.15, 0.2) is 76.9 Å². The summed E-state index contributed by atoms with van der Waals surface area (Å²) in [6, 6.07) is 21.0. The van der Waals surface area contributed by atoms with Gasteiger partial charge in [-0.15, -0.1) is 5.10 Å². The van der Waals surface area contributed by atoms with E-state index >= 15 is 0 Å². The van der Waals surface area contributed by atoms with Gasteiger partial charge in [0.25, 0.3) is 0 Å². The van der Waals surface area contributed by atoms with Gasteiger partial charge in [0, 0.05) is 0 Å². The standard InChI is InChI=1S/C21H17N3O2S/c25-17-10-8-14(9-11-17)13-22-24-21-23-20(26)19(27-21)12-16-6-3-5-15-4-1-2-7-18(15)16/h1-11,13,19,25H,12H2,(H,23,24,26)/b22-13+. The molecule has 1 unspecified atom stereocenters. The second kappa shape index (κ2) is 7.63. The minimum absolute atomic E-state index is 0.0495. The molecule has 1 aliphatic heterocycles. The molecule has 1 aliphatic rings. The summed E-state index contributed by atoms with van der Waals surface area (Å²) in [4.78, 5) is 12.3. The van der Waals surface area contributed by atoms with Gasteiger partial charge in [-0.05, 0) is 52.6 Å². The number of amides is 1. The first-order chi connectivity index (χ1) is 13.2. The zero-order valence-electron chi connectivity index (χ0n) is 14.4. The molecule has 0 spiro atoms. The van der Waals surface area contributed by atoms with Crippen LogP contribution in [0.2, 0.25) is 0 Å². The average molecular weight is 375 g/mol. The number of nitrogens with zero attached hydrogens (tertiary/aromatic N) is 2. The summed E-state index contributed by atoms with van der Waals surface area (Å²) in [6.07, 6.45) is 2.22. The van der Waals surface area contributed by atoms with E-state index < -0.39 is 0 Å². The molecule has 0 aromatic heterocycles. The number of carbonyl (C=O) groups is 1. The highest BCUT2D eigenvalue weighted by molar-refractivity contribution is 8.15. The van der Waals surface area contributed by atoms with Gasteiger partial charge in [-0.1, -0.05) is 54.2 Å². The highest BCUT2D eigenvalue weighted by atomic mass is 32.2. The lowest BCUT2D eigenvalue weighted by molar-refractivity contribution is -0.118. The Morgan fingerprint density at radius 3 is 2.67 bits per heavy atom. The van der Waals surface area contributed by atoms with Crippen LogP contribution >= 0.6 is 11.8 Å². The van der Waals surface area contributed by atoms with Crippen LogP contribution in [0.4, 0.5) is 0 Å². The Bertz CT molecular complexity index is 1040. The van der Waals surface area contributed by atoms with E-state index in [1.807, 2.05) is 18.2 Å². The van der Waals surface area contributed by atoms with Gasteiger partial charge < -0.3 is 10.4 Å². The highest BCUT2D eigenvalue weighted by Crippen LogP contribution is 2.27. The number of hydrogen-bond donors (Lipinski definition) is 2. The second-order valence-electron chi connectivity index (χ2n) is 6.18. The molecule has 2 N–H and O–H groups in total. The third-order valence-corrected chi connectivity index (χ3v) is 5.38. The maximum Gasteiger partial charge on any atom is 0.239 e. The number of fused-ring (bicyclic) bond motifs is 1. The second-order valence-corrected chi connectivity index (χ2v) is 7.37. The van der Waals surface area contributed by atoms with E-state index in [1.165, 1.54) is 22.5 Å². The van der Waals surface area contributed by atoms with Crippen LogP contribution in [0, 0.1) is 0 Å². The molecule has 27 heavy (non-hydrogen) atoms. The first-order valence-electron chi connectivity index (χ1n) is 8.53. The van der Waals surface area contributed by atoms with Crippen LogP contribution < -0.4 is 5.32 Å². The summed E-state index contributed by atoms with van der Waals surface area (Å²) in [7, 11) is 0. The van der Waals surface area contributed by atoms with Crippen LogP contribution in [0.25, 0.3) is 10.8 Å². The molecular weight excluding hydrogens is 358 g/mol. The van der Waals surface area contributed by atoms with Gasteiger partial charge in [0.1, 0.15) is 5.75 Å². The van der Waals surface area contributed by atoms with Crippen LogP contribution in [-0.4, -0.2) is 27.6 Å². The average Bonchev–Trinajstić information content (AvgIpc) is 3.03. The monoisotopic (exact) mass is 375 g/mol. The quantitative estimate of drug-likeness (QED) is 0.539. The molecule has 134 valence electrons. The van der Waals surface area contributed by atoms with Crippen LogP contribution in [0.3, 0.4) is 0 Å². The molecule has 1 fully saturated rings. The number of aromatic hydroxyl groups is 1. The molecule has 0 saturated carbocycles. The maximum atomic E-state index is 12.3. The first kappa shape index (κ1) is 17.3. The van der Waals surface area contributed by atoms with Crippen molar-refractivity contribution in [1.82, 2.24) is 5.32 Å². The molecule has 5 nitrogen and oxygen atoms in total. The maximum absolute atomic E-state index is 12.3. The zero-order valence-corrected chi connectivity index (χ0v) is 15.2. The van der Waals surface area contributed by atoms with Crippen LogP contribution in [-0.2, 0) is 11.2 Å². The highest BCUT2D eigenvalue weighted by Gasteiger charge is 2.30. The van der Waals surface area contributed by atoms with Gasteiger partial charge in [0.2, 0.25) is 5.91 Å². The number of thioether (sulfide) groups is 1. The van der Waals surface area contributed by atoms with Crippen molar-refractivity contribution in [2.24, 2.45) is 10.2 Å². The van der Waals surface area contributed by atoms with E-state index in [4.69, 9.17) is 0 Å². The molecular formula is C21H17N3O2S. The van der Waals surface area contributed by atoms with E-state index in [0.29, 0.717) is 11.6 Å². The Morgan fingerprint density at radius 2 is 1.81 bits per heavy atom. The summed E-state index contributed by atoms with van der Waals surface area (Å²) in [5.74, 6) is 0.153. The number of phenolic OH excluding ortho intramolecular Hbond substituents is 1. The Balaban J connectivity index is 1.46. The van der Waals surface area contributed by atoms with Crippen molar-refractivity contribution < 1.29 is 9.90 Å². The number of phenols is 1. The topological polar surface area (TPSA) is 74.0 Å². The number of rotatable bonds is 4. The van der Waals surface area contributed by atoms with Crippen molar-refractivity contribution in [3.63, 3.8) is 0 Å². The molecule has 0 aliphatic carbocycles. The molecule has 1 atom stereocenters. The first-order valence-corrected chi connectivity index (χ1v) is 9.41. The lowest BCUT2D eigenvalue weighted by Crippen LogP contribution is -2.26. The Labute approximate surface area is 160 Å². The summed E-state index contributed by atoms with van der Waals surface area (Å²) in [6.45, 7) is 0. The zero-order chi connectivity index (χ0) is 18.6. The van der Waals surface area contributed by atoms with Gasteiger partial charge in [0.05, 0.1) is 11.5 Å². The van der Waals surface area contributed by atoms with E-state index in [1.54, 1.807) is 30.5 Å². The smallest absolute Gasteiger partial charge is 0.239 e. The van der Waals surface area contributed by atoms with Gasteiger partial charge in [0.15, 0.2) is 5.17 Å². The number of carbonyl (C=O) groups excluding carboxylic acids is 1. The van der Waals surface area contributed by atoms with E-state index in [2.05, 4.69) is 39.8 Å². The van der Waals surface area contributed by atoms with Gasteiger partial charge in [-0.2, -0.15) is 5.10 Å². The van der Waals surface area contributed by atoms with Gasteiger partial charge in [-0.25, -0.2) is 0 Å². The van der Waals surface area contributed by atoms with Gasteiger partial charge in [-0.3, -0.25) is 4.79 Å². The number of nitrogens with one attached hydrogen (secondary N) is 1. The van der Waals surface area contributed by atoms with Crippen LogP contribution in [0.5, 0.6) is 5.75 Å². The minimum atomic E-state index is -0.224. The molecule has 1 heterocycles. The van der Waals surface area contributed by atoms with E-state index in [0.717, 1.165) is 11.1 Å². The van der Waals surface area contributed by atoms with Crippen molar-refractivity contribution >= 4 is 39.8 Å². The lowest BCUT2D eigenvalue weighted by atomic mass is 10.0. The van der Waals surface area contributed by atoms with E-state index in [9.17, 15) is 9.90 Å². The molecule has 3 aromatic rings. The molecule has 0 radical (unpaired) electrons. The summed E-state index contributed by atoms with van der Waals surface area (Å²) in [5.41, 5.74) is 1.97. The fraction of sp³-hybridized carbons (Fsp3) is 0.0952. The number of hydrogen-bond acceptors (Lipinski definition) is 5. The number of amidine groups is 1. The molecule has 6 heteroatoms. The fourth-order valence-corrected chi connectivity index (χ4v) is 3.92. The Kier molecular flexibility index (Phi) is 4.89. The van der Waals surface area contributed by atoms with Crippen molar-refractivity contribution in [2.45, 2.75) is 11.7 Å². The summed E-state index contributed by atoms with van der Waals surface area (Å²) >= 11 is 1.40. The lowest BCUT2D eigenvalue weighted by Gasteiger charge is -2.09. The molecule has 4 rings (SSSR count). The van der Waals surface area contributed by atoms with E-state index in [-0.39, 0.29) is 16.9 Å². The molecule has 1 amide bonds. The van der Waals surface area contributed by atoms with Gasteiger partial charge >= 0.3 is 0 Å². The molecule has 3 aromatic carbocycles. The predicted octanol–water partition coefficient (Wildman–Crippen LogP) is 3.71. The molecule has 0 bridgehead atoms. The normalized spacial score (nSPS) is 18.4. The summed E-state index contributed by atoms with van der Waals surface area (Å²) < 4.78 is 0. The fourth-order valence-electron chi connectivity index (χ4n) is 2.97. The third kappa shape index (κ3) is 4.01. The predicted molar refractivity (Wildman–Crippen MR) is 110 cm³/mol. The van der Waals surface area contributed by atoms with Crippen molar-refractivity contribution in [1.29, 1.82) is 0 Å². The van der Waals surface area contributed by atoms with Crippen molar-refractivity contribution in [3.05, 3.63) is 77.9 Å². The third-order valence-electron chi connectivity index (χ3n) is 4.31. The Hall–Kier alpha value is -3.12. The van der Waals surface area contributed by atoms with Crippen LogP contribution in [0.1, 0.15) is 11.1 Å². The summed E-state index contributed by atoms with van der Waals surface area (Å²) in [5, 5.41) is 22.8. The minimum Gasteiger partial charge on any atom is -0.508 e. The largest absolute Gasteiger partial charge is 0.508 e. The van der Waals surface area contributed by atoms with Crippen molar-refractivity contribution in [3.8, 4) is 5.75 Å². The van der Waals surface area contributed by atoms with Crippen molar-refractivity contribution in [2.75, 3.05) is 0 Å². The Morgan fingerprint density at radius 1 is 1.04 bits per heavy atom. The number of benzene rings is 3.